The highest BCUT2D eigenvalue weighted by Crippen LogP contribution is 2.19. The fourth-order valence-electron chi connectivity index (χ4n) is 1.95. The average molecular weight is 387 g/mol. The lowest BCUT2D eigenvalue weighted by Gasteiger charge is -2.17. The van der Waals surface area contributed by atoms with Crippen LogP contribution in [0, 0.1) is 5.82 Å². The predicted octanol–water partition coefficient (Wildman–Crippen LogP) is 4.98. The lowest BCUT2D eigenvalue weighted by Crippen LogP contribution is -2.17. The van der Waals surface area contributed by atoms with Gasteiger partial charge in [-0.25, -0.2) is 4.39 Å². The second kappa shape index (κ2) is 6.64. The SMILES string of the molecule is CN(Cc1cccc(Br)c1)Cc1ccc(F)c(Br)c1. The highest BCUT2D eigenvalue weighted by Gasteiger charge is 2.05. The third kappa shape index (κ3) is 4.41. The van der Waals surface area contributed by atoms with Crippen LogP contribution in [0.4, 0.5) is 4.39 Å². The van der Waals surface area contributed by atoms with E-state index in [4.69, 9.17) is 0 Å². The molecule has 1 nitrogen and oxygen atoms in total. The first-order valence-electron chi connectivity index (χ1n) is 5.91. The second-order valence-electron chi connectivity index (χ2n) is 4.55. The van der Waals surface area contributed by atoms with E-state index in [2.05, 4.69) is 55.9 Å². The van der Waals surface area contributed by atoms with Crippen LogP contribution in [-0.4, -0.2) is 11.9 Å². The van der Waals surface area contributed by atoms with Crippen molar-refractivity contribution in [3.63, 3.8) is 0 Å². The topological polar surface area (TPSA) is 3.24 Å². The van der Waals surface area contributed by atoms with Gasteiger partial charge in [-0.15, -0.1) is 0 Å². The van der Waals surface area contributed by atoms with Gasteiger partial charge in [0.05, 0.1) is 4.47 Å². The van der Waals surface area contributed by atoms with Crippen LogP contribution in [-0.2, 0) is 13.1 Å². The van der Waals surface area contributed by atoms with E-state index >= 15 is 0 Å². The Morgan fingerprint density at radius 1 is 1.00 bits per heavy atom. The molecule has 0 unspecified atom stereocenters. The Balaban J connectivity index is 2.01. The summed E-state index contributed by atoms with van der Waals surface area (Å²) in [6.07, 6.45) is 0. The molecule has 0 saturated carbocycles. The molecule has 0 atom stereocenters. The Hall–Kier alpha value is -0.710. The molecular weight excluding hydrogens is 373 g/mol. The fraction of sp³-hybridized carbons (Fsp3) is 0.200. The van der Waals surface area contributed by atoms with Gasteiger partial charge in [-0.2, -0.15) is 0 Å². The predicted molar refractivity (Wildman–Crippen MR) is 83.4 cm³/mol. The van der Waals surface area contributed by atoms with Gasteiger partial charge in [0.1, 0.15) is 5.82 Å². The zero-order valence-electron chi connectivity index (χ0n) is 10.5. The first-order chi connectivity index (χ1) is 9.04. The molecular formula is C15H14Br2FN. The summed E-state index contributed by atoms with van der Waals surface area (Å²) in [4.78, 5) is 2.20. The summed E-state index contributed by atoms with van der Waals surface area (Å²) in [5.74, 6) is -0.224. The quantitative estimate of drug-likeness (QED) is 0.715. The lowest BCUT2D eigenvalue weighted by atomic mass is 10.2. The van der Waals surface area contributed by atoms with Crippen molar-refractivity contribution >= 4 is 31.9 Å². The highest BCUT2D eigenvalue weighted by molar-refractivity contribution is 9.10. The molecule has 0 aromatic heterocycles. The maximum absolute atomic E-state index is 13.2. The molecule has 0 fully saturated rings. The Kier molecular flexibility index (Phi) is 5.13. The van der Waals surface area contributed by atoms with Crippen molar-refractivity contribution in [3.8, 4) is 0 Å². The van der Waals surface area contributed by atoms with Crippen LogP contribution in [0.1, 0.15) is 11.1 Å². The molecule has 0 aliphatic rings. The molecule has 0 heterocycles. The molecule has 0 aliphatic heterocycles. The van der Waals surface area contributed by atoms with Crippen molar-refractivity contribution in [1.82, 2.24) is 4.90 Å². The Morgan fingerprint density at radius 3 is 2.32 bits per heavy atom. The van der Waals surface area contributed by atoms with E-state index in [9.17, 15) is 4.39 Å². The third-order valence-electron chi connectivity index (χ3n) is 2.78. The van der Waals surface area contributed by atoms with E-state index in [1.54, 1.807) is 0 Å². The number of benzene rings is 2. The molecule has 2 aromatic carbocycles. The summed E-state index contributed by atoms with van der Waals surface area (Å²) in [6.45, 7) is 1.64. The maximum atomic E-state index is 13.2. The zero-order chi connectivity index (χ0) is 13.8. The molecule has 4 heteroatoms. The van der Waals surface area contributed by atoms with Gasteiger partial charge in [-0.05, 0) is 58.4 Å². The van der Waals surface area contributed by atoms with Crippen molar-refractivity contribution < 1.29 is 4.39 Å². The van der Waals surface area contributed by atoms with Gasteiger partial charge >= 0.3 is 0 Å². The van der Waals surface area contributed by atoms with E-state index in [0.29, 0.717) is 4.47 Å². The molecule has 0 radical (unpaired) electrons. The van der Waals surface area contributed by atoms with Crippen molar-refractivity contribution in [2.75, 3.05) is 7.05 Å². The second-order valence-corrected chi connectivity index (χ2v) is 6.32. The van der Waals surface area contributed by atoms with Crippen LogP contribution < -0.4 is 0 Å². The van der Waals surface area contributed by atoms with Crippen LogP contribution in [0.5, 0.6) is 0 Å². The number of nitrogens with zero attached hydrogens (tertiary/aromatic N) is 1. The smallest absolute Gasteiger partial charge is 0.137 e. The van der Waals surface area contributed by atoms with Crippen molar-refractivity contribution in [2.45, 2.75) is 13.1 Å². The minimum absolute atomic E-state index is 0.224. The van der Waals surface area contributed by atoms with Crippen molar-refractivity contribution in [2.24, 2.45) is 0 Å². The Morgan fingerprint density at radius 2 is 1.68 bits per heavy atom. The van der Waals surface area contributed by atoms with E-state index in [1.807, 2.05) is 24.3 Å². The zero-order valence-corrected chi connectivity index (χ0v) is 13.7. The molecule has 2 rings (SSSR count). The fourth-order valence-corrected chi connectivity index (χ4v) is 2.83. The van der Waals surface area contributed by atoms with Crippen LogP contribution in [0.3, 0.4) is 0 Å². The maximum Gasteiger partial charge on any atom is 0.137 e. The van der Waals surface area contributed by atoms with Crippen molar-refractivity contribution in [3.05, 3.63) is 68.4 Å². The van der Waals surface area contributed by atoms with Gasteiger partial charge < -0.3 is 0 Å². The number of halogens is 3. The molecule has 19 heavy (non-hydrogen) atoms. The minimum atomic E-state index is -0.224. The summed E-state index contributed by atoms with van der Waals surface area (Å²) in [7, 11) is 2.05. The van der Waals surface area contributed by atoms with Crippen LogP contribution >= 0.6 is 31.9 Å². The standard InChI is InChI=1S/C15H14Br2FN/c1-19(9-11-3-2-4-13(16)7-11)10-12-5-6-15(18)14(17)8-12/h2-8H,9-10H2,1H3. The van der Waals surface area contributed by atoms with E-state index in [1.165, 1.54) is 11.6 Å². The van der Waals surface area contributed by atoms with Crippen molar-refractivity contribution in [1.29, 1.82) is 0 Å². The van der Waals surface area contributed by atoms with E-state index < -0.39 is 0 Å². The molecule has 0 saturated heterocycles. The van der Waals surface area contributed by atoms with Crippen LogP contribution in [0.2, 0.25) is 0 Å². The lowest BCUT2D eigenvalue weighted by molar-refractivity contribution is 0.319. The average Bonchev–Trinajstić information content (AvgIpc) is 2.34. The molecule has 0 amide bonds. The number of rotatable bonds is 4. The molecule has 0 spiro atoms. The first kappa shape index (κ1) is 14.7. The van der Waals surface area contributed by atoms with Gasteiger partial charge in [-0.3, -0.25) is 4.90 Å². The summed E-state index contributed by atoms with van der Waals surface area (Å²) in [5.41, 5.74) is 2.34. The van der Waals surface area contributed by atoms with E-state index in [0.717, 1.165) is 23.1 Å². The largest absolute Gasteiger partial charge is 0.298 e. The summed E-state index contributed by atoms with van der Waals surface area (Å²) < 4.78 is 14.8. The minimum Gasteiger partial charge on any atom is -0.298 e. The normalized spacial score (nSPS) is 11.0. The summed E-state index contributed by atoms with van der Waals surface area (Å²) in [5, 5.41) is 0. The third-order valence-corrected chi connectivity index (χ3v) is 3.88. The summed E-state index contributed by atoms with van der Waals surface area (Å²) in [6, 6.07) is 13.4. The highest BCUT2D eigenvalue weighted by atomic mass is 79.9. The van der Waals surface area contributed by atoms with Crippen LogP contribution in [0.25, 0.3) is 0 Å². The molecule has 0 N–H and O–H groups in total. The summed E-state index contributed by atoms with van der Waals surface area (Å²) >= 11 is 6.68. The Labute approximate surface area is 129 Å². The van der Waals surface area contributed by atoms with E-state index in [-0.39, 0.29) is 5.82 Å². The molecule has 2 aromatic rings. The molecule has 100 valence electrons. The first-order valence-corrected chi connectivity index (χ1v) is 7.50. The monoisotopic (exact) mass is 385 g/mol. The number of hydrogen-bond acceptors (Lipinski definition) is 1. The van der Waals surface area contributed by atoms with Gasteiger partial charge in [-0.1, -0.05) is 34.1 Å². The number of hydrogen-bond donors (Lipinski definition) is 0. The van der Waals surface area contributed by atoms with Gasteiger partial charge in [0.2, 0.25) is 0 Å². The van der Waals surface area contributed by atoms with Gasteiger partial charge in [0.15, 0.2) is 0 Å². The van der Waals surface area contributed by atoms with Crippen LogP contribution in [0.15, 0.2) is 51.4 Å². The van der Waals surface area contributed by atoms with Gasteiger partial charge in [0.25, 0.3) is 0 Å². The van der Waals surface area contributed by atoms with Gasteiger partial charge in [0, 0.05) is 17.6 Å². The Bertz CT molecular complexity index is 572. The molecule has 0 aliphatic carbocycles. The molecule has 0 bridgehead atoms.